The number of furan rings is 1. The molecule has 1 aliphatic heterocycles. The largest absolute Gasteiger partial charge is 0.466 e. The number of carbonyl (C=O) groups excluding carboxylic acids is 1. The highest BCUT2D eigenvalue weighted by Gasteiger charge is 2.24. The fraction of sp³-hybridized carbons (Fsp3) is 0.450. The first-order valence-electron chi connectivity index (χ1n) is 9.41. The molecule has 4 rings (SSSR count). The van der Waals surface area contributed by atoms with Crippen LogP contribution in [0.5, 0.6) is 0 Å². The van der Waals surface area contributed by atoms with Gasteiger partial charge >= 0.3 is 0 Å². The van der Waals surface area contributed by atoms with Crippen LogP contribution in [-0.2, 0) is 0 Å². The van der Waals surface area contributed by atoms with Crippen LogP contribution >= 0.6 is 0 Å². The smallest absolute Gasteiger partial charge is 0.254 e. The third kappa shape index (κ3) is 3.12. The van der Waals surface area contributed by atoms with E-state index in [1.807, 2.05) is 35.6 Å². The van der Waals surface area contributed by atoms with Crippen molar-refractivity contribution in [3.8, 4) is 11.3 Å². The number of nitrogens with zero attached hydrogens (tertiary/aromatic N) is 4. The number of pyridine rings is 1. The third-order valence-corrected chi connectivity index (χ3v) is 5.01. The van der Waals surface area contributed by atoms with Crippen molar-refractivity contribution in [3.05, 3.63) is 35.4 Å². The van der Waals surface area contributed by atoms with Crippen LogP contribution in [0.3, 0.4) is 0 Å². The summed E-state index contributed by atoms with van der Waals surface area (Å²) >= 11 is 0. The van der Waals surface area contributed by atoms with Crippen molar-refractivity contribution in [2.45, 2.75) is 33.7 Å². The molecule has 0 unspecified atom stereocenters. The second-order valence-corrected chi connectivity index (χ2v) is 7.34. The Bertz CT molecular complexity index is 995. The number of aromatic nitrogens is 3. The summed E-state index contributed by atoms with van der Waals surface area (Å²) in [5, 5.41) is 8.58. The molecule has 0 spiro atoms. The molecule has 0 aromatic carbocycles. The summed E-state index contributed by atoms with van der Waals surface area (Å²) in [6.07, 6.45) is 1.76. The molecule has 0 atom stereocenters. The Morgan fingerprint density at radius 1 is 1.22 bits per heavy atom. The number of nitrogens with one attached hydrogen (secondary N) is 1. The summed E-state index contributed by atoms with van der Waals surface area (Å²) in [6, 6.07) is 4.01. The maximum Gasteiger partial charge on any atom is 0.254 e. The van der Waals surface area contributed by atoms with Crippen molar-refractivity contribution < 1.29 is 9.21 Å². The van der Waals surface area contributed by atoms with E-state index in [0.29, 0.717) is 18.7 Å². The molecule has 1 fully saturated rings. The van der Waals surface area contributed by atoms with Gasteiger partial charge in [-0.3, -0.25) is 4.79 Å². The Hall–Kier alpha value is -2.67. The number of hydrogen-bond donors (Lipinski definition) is 1. The van der Waals surface area contributed by atoms with Gasteiger partial charge in [0.05, 0.1) is 22.8 Å². The van der Waals surface area contributed by atoms with Gasteiger partial charge in [0, 0.05) is 37.8 Å². The van der Waals surface area contributed by atoms with Crippen molar-refractivity contribution >= 4 is 16.9 Å². The fourth-order valence-electron chi connectivity index (χ4n) is 3.63. The Morgan fingerprint density at radius 2 is 1.96 bits per heavy atom. The second kappa shape index (κ2) is 6.81. The minimum atomic E-state index is 0.0336. The van der Waals surface area contributed by atoms with E-state index in [1.165, 1.54) is 0 Å². The van der Waals surface area contributed by atoms with E-state index in [4.69, 9.17) is 9.40 Å². The van der Waals surface area contributed by atoms with Crippen molar-refractivity contribution in [2.75, 3.05) is 26.2 Å². The van der Waals surface area contributed by atoms with E-state index in [-0.39, 0.29) is 11.9 Å². The van der Waals surface area contributed by atoms with Gasteiger partial charge < -0.3 is 14.6 Å². The highest BCUT2D eigenvalue weighted by Crippen LogP contribution is 2.30. The van der Waals surface area contributed by atoms with Gasteiger partial charge in [-0.25, -0.2) is 9.67 Å². The normalized spacial score (nSPS) is 15.1. The lowest BCUT2D eigenvalue weighted by atomic mass is 10.1. The molecule has 1 saturated heterocycles. The van der Waals surface area contributed by atoms with Crippen LogP contribution in [0.4, 0.5) is 0 Å². The monoisotopic (exact) mass is 367 g/mol. The van der Waals surface area contributed by atoms with Crippen LogP contribution in [0.15, 0.2) is 22.7 Å². The molecule has 0 aliphatic carbocycles. The highest BCUT2D eigenvalue weighted by atomic mass is 16.3. The molecule has 0 radical (unpaired) electrons. The van der Waals surface area contributed by atoms with Gasteiger partial charge in [-0.05, 0) is 39.8 Å². The minimum absolute atomic E-state index is 0.0336. The van der Waals surface area contributed by atoms with Crippen LogP contribution in [0.2, 0.25) is 0 Å². The van der Waals surface area contributed by atoms with Gasteiger partial charge in [0.2, 0.25) is 0 Å². The third-order valence-electron chi connectivity index (χ3n) is 5.01. The van der Waals surface area contributed by atoms with Crippen molar-refractivity contribution in [2.24, 2.45) is 0 Å². The molecule has 4 heterocycles. The average Bonchev–Trinajstić information content (AvgIpc) is 3.23. The Kier molecular flexibility index (Phi) is 4.47. The Labute approximate surface area is 158 Å². The first-order chi connectivity index (χ1) is 13.0. The van der Waals surface area contributed by atoms with Gasteiger partial charge in [0.15, 0.2) is 5.65 Å². The zero-order valence-electron chi connectivity index (χ0n) is 16.2. The first kappa shape index (κ1) is 17.7. The molecule has 1 aliphatic rings. The predicted octanol–water partition coefficient (Wildman–Crippen LogP) is 2.93. The fourth-order valence-corrected chi connectivity index (χ4v) is 3.63. The Morgan fingerprint density at radius 3 is 2.59 bits per heavy atom. The number of hydrogen-bond acceptors (Lipinski definition) is 5. The number of aryl methyl sites for hydroxylation is 2. The highest BCUT2D eigenvalue weighted by molar-refractivity contribution is 6.06. The number of fused-ring (bicyclic) bond motifs is 1. The topological polar surface area (TPSA) is 76.2 Å². The molecule has 3 aromatic heterocycles. The number of carbonyl (C=O) groups is 1. The van der Waals surface area contributed by atoms with Crippen LogP contribution in [0.1, 0.15) is 41.8 Å². The van der Waals surface area contributed by atoms with Gasteiger partial charge in [0.25, 0.3) is 5.91 Å². The van der Waals surface area contributed by atoms with Crippen molar-refractivity contribution in [3.63, 3.8) is 0 Å². The lowest BCUT2D eigenvalue weighted by molar-refractivity contribution is 0.0737. The quantitative estimate of drug-likeness (QED) is 0.770. The van der Waals surface area contributed by atoms with E-state index < -0.39 is 0 Å². The zero-order valence-corrected chi connectivity index (χ0v) is 16.2. The summed E-state index contributed by atoms with van der Waals surface area (Å²) < 4.78 is 7.56. The van der Waals surface area contributed by atoms with Crippen molar-refractivity contribution in [1.29, 1.82) is 0 Å². The van der Waals surface area contributed by atoms with Crippen molar-refractivity contribution in [1.82, 2.24) is 25.0 Å². The number of amides is 1. The average molecular weight is 367 g/mol. The maximum atomic E-state index is 13.3. The molecule has 142 valence electrons. The van der Waals surface area contributed by atoms with E-state index in [0.717, 1.165) is 46.9 Å². The summed E-state index contributed by atoms with van der Waals surface area (Å²) in [7, 11) is 0. The molecule has 1 N–H and O–H groups in total. The van der Waals surface area contributed by atoms with Crippen LogP contribution in [-0.4, -0.2) is 51.8 Å². The zero-order chi connectivity index (χ0) is 19.1. The lowest BCUT2D eigenvalue weighted by Gasteiger charge is -2.27. The van der Waals surface area contributed by atoms with Gasteiger partial charge in [0.1, 0.15) is 11.5 Å². The van der Waals surface area contributed by atoms with Crippen LogP contribution in [0, 0.1) is 13.8 Å². The summed E-state index contributed by atoms with van der Waals surface area (Å²) in [4.78, 5) is 20.0. The molecule has 7 nitrogen and oxygen atoms in total. The molecule has 7 heteroatoms. The van der Waals surface area contributed by atoms with E-state index >= 15 is 0 Å². The van der Waals surface area contributed by atoms with E-state index in [1.54, 1.807) is 6.20 Å². The number of rotatable bonds is 3. The number of piperazine rings is 1. The molecule has 27 heavy (non-hydrogen) atoms. The van der Waals surface area contributed by atoms with E-state index in [2.05, 4.69) is 24.3 Å². The summed E-state index contributed by atoms with van der Waals surface area (Å²) in [5.41, 5.74) is 3.05. The lowest BCUT2D eigenvalue weighted by Crippen LogP contribution is -2.46. The predicted molar refractivity (Wildman–Crippen MR) is 104 cm³/mol. The van der Waals surface area contributed by atoms with Crippen LogP contribution < -0.4 is 5.32 Å². The van der Waals surface area contributed by atoms with Gasteiger partial charge in [-0.15, -0.1) is 0 Å². The standard InChI is InChI=1S/C20H25N5O2/c1-12(2)25-19-17(11-22-25)16(20(26)24-7-5-21-6-8-24)10-18(23-19)15-9-13(3)27-14(15)4/h9-12,21H,5-8H2,1-4H3. The molecule has 1 amide bonds. The van der Waals surface area contributed by atoms with Gasteiger partial charge in [-0.2, -0.15) is 5.10 Å². The molecule has 0 bridgehead atoms. The Balaban J connectivity index is 1.90. The molecular formula is C20H25N5O2. The van der Waals surface area contributed by atoms with Crippen LogP contribution in [0.25, 0.3) is 22.3 Å². The first-order valence-corrected chi connectivity index (χ1v) is 9.41. The molecular weight excluding hydrogens is 342 g/mol. The minimum Gasteiger partial charge on any atom is -0.466 e. The molecule has 3 aromatic rings. The van der Waals surface area contributed by atoms with Gasteiger partial charge in [-0.1, -0.05) is 0 Å². The SMILES string of the molecule is Cc1cc(-c2cc(C(=O)N3CCNCC3)c3cnn(C(C)C)c3n2)c(C)o1. The summed E-state index contributed by atoms with van der Waals surface area (Å²) in [5.74, 6) is 1.67. The maximum absolute atomic E-state index is 13.3. The molecule has 0 saturated carbocycles. The van der Waals surface area contributed by atoms with E-state index in [9.17, 15) is 4.79 Å². The summed E-state index contributed by atoms with van der Waals surface area (Å²) in [6.45, 7) is 11.0. The second-order valence-electron chi connectivity index (χ2n) is 7.34.